The Morgan fingerprint density at radius 2 is 1.96 bits per heavy atom. The number of ether oxygens (including phenoxy) is 2. The summed E-state index contributed by atoms with van der Waals surface area (Å²) in [5.41, 5.74) is 0.524. The van der Waals surface area contributed by atoms with Crippen LogP contribution in [0.1, 0.15) is 26.3 Å². The van der Waals surface area contributed by atoms with Gasteiger partial charge in [-0.25, -0.2) is 4.79 Å². The van der Waals surface area contributed by atoms with Gasteiger partial charge in [-0.3, -0.25) is 4.98 Å². The van der Waals surface area contributed by atoms with Crippen LogP contribution in [0.2, 0.25) is 0 Å². The van der Waals surface area contributed by atoms with Crippen molar-refractivity contribution in [1.29, 1.82) is 0 Å². The molecule has 0 fully saturated rings. The van der Waals surface area contributed by atoms with Gasteiger partial charge in [0.25, 0.3) is 0 Å². The molecular formula is C19H22Br2N2O3. The number of alkyl carbamates (subject to hydrolysis) is 1. The van der Waals surface area contributed by atoms with Crippen LogP contribution >= 0.6 is 31.9 Å². The van der Waals surface area contributed by atoms with Gasteiger partial charge in [-0.05, 0) is 66.9 Å². The average Bonchev–Trinajstić information content (AvgIpc) is 2.51. The van der Waals surface area contributed by atoms with Crippen molar-refractivity contribution in [3.8, 4) is 5.75 Å². The lowest BCUT2D eigenvalue weighted by Gasteiger charge is -2.24. The Bertz CT molecular complexity index is 748. The molecule has 1 aromatic carbocycles. The van der Waals surface area contributed by atoms with Crippen LogP contribution in [0, 0.1) is 0 Å². The van der Waals surface area contributed by atoms with Crippen molar-refractivity contribution in [2.75, 3.05) is 6.61 Å². The van der Waals surface area contributed by atoms with Crippen molar-refractivity contribution in [2.45, 2.75) is 38.8 Å². The van der Waals surface area contributed by atoms with Crippen molar-refractivity contribution < 1.29 is 14.3 Å². The molecule has 1 heterocycles. The topological polar surface area (TPSA) is 60.5 Å². The van der Waals surface area contributed by atoms with Crippen molar-refractivity contribution >= 4 is 38.0 Å². The molecule has 140 valence electrons. The Morgan fingerprint density at radius 1 is 1.19 bits per heavy atom. The first-order chi connectivity index (χ1) is 12.2. The summed E-state index contributed by atoms with van der Waals surface area (Å²) in [6.07, 6.45) is 3.47. The molecule has 2 rings (SSSR count). The summed E-state index contributed by atoms with van der Waals surface area (Å²) in [6, 6.07) is 9.53. The Morgan fingerprint density at radius 3 is 2.62 bits per heavy atom. The zero-order valence-electron chi connectivity index (χ0n) is 15.0. The first-order valence-corrected chi connectivity index (χ1v) is 9.77. The van der Waals surface area contributed by atoms with Crippen molar-refractivity contribution in [3.63, 3.8) is 0 Å². The van der Waals surface area contributed by atoms with Gasteiger partial charge in [-0.15, -0.1) is 0 Å². The van der Waals surface area contributed by atoms with Gasteiger partial charge < -0.3 is 14.8 Å². The molecule has 1 atom stereocenters. The summed E-state index contributed by atoms with van der Waals surface area (Å²) in [5.74, 6) is 0.629. The Hall–Kier alpha value is -1.60. The number of carbonyl (C=O) groups is 1. The number of hydrogen-bond acceptors (Lipinski definition) is 4. The molecular weight excluding hydrogens is 464 g/mol. The van der Waals surface area contributed by atoms with E-state index in [9.17, 15) is 4.79 Å². The molecule has 0 saturated carbocycles. The minimum atomic E-state index is -0.556. The third kappa shape index (κ3) is 7.74. The number of benzene rings is 1. The summed E-state index contributed by atoms with van der Waals surface area (Å²) in [6.45, 7) is 5.79. The van der Waals surface area contributed by atoms with Gasteiger partial charge in [0, 0.05) is 15.1 Å². The number of hydrogen-bond donors (Lipinski definition) is 1. The van der Waals surface area contributed by atoms with E-state index >= 15 is 0 Å². The molecule has 0 radical (unpaired) electrons. The van der Waals surface area contributed by atoms with E-state index in [1.807, 2.05) is 51.1 Å². The molecule has 1 aromatic heterocycles. The van der Waals surface area contributed by atoms with E-state index in [2.05, 4.69) is 42.2 Å². The predicted molar refractivity (Wildman–Crippen MR) is 108 cm³/mol. The maximum atomic E-state index is 12.2. The molecule has 0 aliphatic heterocycles. The SMILES string of the molecule is CC(C)(C)OC(=O)N[C@H](COc1cncc(Br)c1)Cc1cccc(Br)c1. The molecule has 0 saturated heterocycles. The van der Waals surface area contributed by atoms with E-state index in [1.54, 1.807) is 12.4 Å². The summed E-state index contributed by atoms with van der Waals surface area (Å²) >= 11 is 6.84. The molecule has 26 heavy (non-hydrogen) atoms. The van der Waals surface area contributed by atoms with Gasteiger partial charge in [0.1, 0.15) is 18.0 Å². The molecule has 0 spiro atoms. The van der Waals surface area contributed by atoms with E-state index in [0.29, 0.717) is 18.8 Å². The van der Waals surface area contributed by atoms with Crippen LogP contribution in [-0.2, 0) is 11.2 Å². The van der Waals surface area contributed by atoms with Crippen LogP contribution in [0.25, 0.3) is 0 Å². The zero-order valence-corrected chi connectivity index (χ0v) is 18.1. The van der Waals surface area contributed by atoms with Crippen molar-refractivity contribution in [1.82, 2.24) is 10.3 Å². The summed E-state index contributed by atoms with van der Waals surface area (Å²) in [7, 11) is 0. The maximum absolute atomic E-state index is 12.2. The first kappa shape index (κ1) is 20.7. The van der Waals surface area contributed by atoms with Gasteiger partial charge >= 0.3 is 6.09 Å². The first-order valence-electron chi connectivity index (χ1n) is 8.18. The summed E-state index contributed by atoms with van der Waals surface area (Å²) in [4.78, 5) is 16.3. The largest absolute Gasteiger partial charge is 0.490 e. The second-order valence-electron chi connectivity index (χ2n) is 6.83. The van der Waals surface area contributed by atoms with Crippen molar-refractivity contribution in [2.24, 2.45) is 0 Å². The molecule has 7 heteroatoms. The molecule has 0 unspecified atom stereocenters. The fraction of sp³-hybridized carbons (Fsp3) is 0.368. The molecule has 1 N–H and O–H groups in total. The highest BCUT2D eigenvalue weighted by Gasteiger charge is 2.20. The highest BCUT2D eigenvalue weighted by atomic mass is 79.9. The average molecular weight is 486 g/mol. The number of rotatable bonds is 6. The number of aromatic nitrogens is 1. The molecule has 0 bridgehead atoms. The van der Waals surface area contributed by atoms with E-state index in [1.165, 1.54) is 0 Å². The normalized spacial score (nSPS) is 12.3. The molecule has 0 aliphatic carbocycles. The Labute approximate surface area is 170 Å². The Balaban J connectivity index is 2.05. The summed E-state index contributed by atoms with van der Waals surface area (Å²) < 4.78 is 13.0. The number of carbonyl (C=O) groups excluding carboxylic acids is 1. The third-order valence-corrected chi connectivity index (χ3v) is 4.15. The van der Waals surface area contributed by atoms with Crippen LogP contribution in [0.3, 0.4) is 0 Å². The smallest absolute Gasteiger partial charge is 0.408 e. The summed E-state index contributed by atoms with van der Waals surface area (Å²) in [5, 5.41) is 2.89. The highest BCUT2D eigenvalue weighted by molar-refractivity contribution is 9.10. The lowest BCUT2D eigenvalue weighted by molar-refractivity contribution is 0.0487. The quantitative estimate of drug-likeness (QED) is 0.616. The van der Waals surface area contributed by atoms with E-state index < -0.39 is 11.7 Å². The minimum Gasteiger partial charge on any atom is -0.490 e. The fourth-order valence-corrected chi connectivity index (χ4v) is 3.03. The molecule has 0 aliphatic rings. The zero-order chi connectivity index (χ0) is 19.2. The minimum absolute atomic E-state index is 0.252. The number of amides is 1. The lowest BCUT2D eigenvalue weighted by Crippen LogP contribution is -2.43. The number of halogens is 2. The Kier molecular flexibility index (Phi) is 7.46. The van der Waals surface area contributed by atoms with Crippen LogP contribution in [-0.4, -0.2) is 29.3 Å². The predicted octanol–water partition coefficient (Wildman–Crippen LogP) is 5.12. The van der Waals surface area contributed by atoms with Gasteiger partial charge in [-0.2, -0.15) is 0 Å². The van der Waals surface area contributed by atoms with Gasteiger partial charge in [0.15, 0.2) is 0 Å². The van der Waals surface area contributed by atoms with Gasteiger partial charge in [-0.1, -0.05) is 28.1 Å². The number of nitrogens with one attached hydrogen (secondary N) is 1. The number of pyridine rings is 1. The second kappa shape index (κ2) is 9.37. The highest BCUT2D eigenvalue weighted by Crippen LogP contribution is 2.17. The molecule has 5 nitrogen and oxygen atoms in total. The fourth-order valence-electron chi connectivity index (χ4n) is 2.24. The van der Waals surface area contributed by atoms with Gasteiger partial charge in [0.2, 0.25) is 0 Å². The van der Waals surface area contributed by atoms with Gasteiger partial charge in [0.05, 0.1) is 12.2 Å². The van der Waals surface area contributed by atoms with E-state index in [-0.39, 0.29) is 6.04 Å². The van der Waals surface area contributed by atoms with Crippen LogP contribution in [0.5, 0.6) is 5.75 Å². The van der Waals surface area contributed by atoms with E-state index in [0.717, 1.165) is 14.5 Å². The second-order valence-corrected chi connectivity index (χ2v) is 8.66. The number of nitrogens with zero attached hydrogens (tertiary/aromatic N) is 1. The molecule has 2 aromatic rings. The van der Waals surface area contributed by atoms with Crippen LogP contribution in [0.15, 0.2) is 51.7 Å². The van der Waals surface area contributed by atoms with Crippen LogP contribution in [0.4, 0.5) is 4.79 Å². The molecule has 1 amide bonds. The van der Waals surface area contributed by atoms with Crippen LogP contribution < -0.4 is 10.1 Å². The standard InChI is InChI=1S/C19H22Br2N2O3/c1-19(2,3)26-18(24)23-16(8-13-5-4-6-14(20)7-13)12-25-17-9-15(21)10-22-11-17/h4-7,9-11,16H,8,12H2,1-3H3,(H,23,24)/t16-/m0/s1. The lowest BCUT2D eigenvalue weighted by atomic mass is 10.1. The maximum Gasteiger partial charge on any atom is 0.408 e. The monoisotopic (exact) mass is 484 g/mol. The van der Waals surface area contributed by atoms with E-state index in [4.69, 9.17) is 9.47 Å². The van der Waals surface area contributed by atoms with Crippen molar-refractivity contribution in [3.05, 3.63) is 57.2 Å². The third-order valence-electron chi connectivity index (χ3n) is 3.22.